The number of rotatable bonds is 5. The van der Waals surface area contributed by atoms with Crippen molar-refractivity contribution in [1.29, 1.82) is 5.41 Å². The van der Waals surface area contributed by atoms with Crippen LogP contribution in [-0.2, 0) is 6.54 Å². The molecule has 122 valence electrons. The lowest BCUT2D eigenvalue weighted by Gasteiger charge is -2.12. The van der Waals surface area contributed by atoms with E-state index >= 15 is 0 Å². The summed E-state index contributed by atoms with van der Waals surface area (Å²) in [5, 5.41) is 24.2. The molecular weight excluding hydrogens is 296 g/mol. The Morgan fingerprint density at radius 3 is 3.09 bits per heavy atom. The van der Waals surface area contributed by atoms with E-state index in [1.165, 1.54) is 12.8 Å². The summed E-state index contributed by atoms with van der Waals surface area (Å²) in [7, 11) is 0. The summed E-state index contributed by atoms with van der Waals surface area (Å²) in [6.07, 6.45) is 5.68. The third-order valence-corrected chi connectivity index (χ3v) is 4.12. The number of hydrazine groups is 1. The van der Waals surface area contributed by atoms with Gasteiger partial charge >= 0.3 is 0 Å². The van der Waals surface area contributed by atoms with E-state index in [0.29, 0.717) is 11.7 Å². The predicted molar refractivity (Wildman–Crippen MR) is 89.1 cm³/mol. The van der Waals surface area contributed by atoms with E-state index in [4.69, 9.17) is 5.41 Å². The Bertz CT molecular complexity index is 720. The van der Waals surface area contributed by atoms with Gasteiger partial charge in [0, 0.05) is 35.4 Å². The van der Waals surface area contributed by atoms with E-state index < -0.39 is 5.03 Å². The van der Waals surface area contributed by atoms with Gasteiger partial charge in [-0.2, -0.15) is 0 Å². The molecule has 1 fully saturated rings. The molecule has 1 saturated heterocycles. The van der Waals surface area contributed by atoms with Crippen molar-refractivity contribution in [3.8, 4) is 0 Å². The van der Waals surface area contributed by atoms with Gasteiger partial charge in [0.2, 0.25) is 0 Å². The Balaban J connectivity index is 1.66. The molecule has 1 aliphatic heterocycles. The quantitative estimate of drug-likeness (QED) is 0.292. The Labute approximate surface area is 133 Å². The smallest absolute Gasteiger partial charge is 0.255 e. The maximum atomic E-state index is 10.3. The molecule has 0 radical (unpaired) electrons. The molecule has 8 nitrogen and oxygen atoms in total. The number of hydrogen-bond donors (Lipinski definition) is 4. The molecule has 0 aliphatic carbocycles. The average molecular weight is 316 g/mol. The molecule has 0 spiro atoms. The van der Waals surface area contributed by atoms with Crippen LogP contribution in [0, 0.1) is 15.5 Å². The molecule has 1 aliphatic rings. The molecule has 4 N–H and O–H groups in total. The van der Waals surface area contributed by atoms with Crippen LogP contribution in [0.15, 0.2) is 30.5 Å². The largest absolute Gasteiger partial charge is 0.347 e. The highest BCUT2D eigenvalue weighted by Gasteiger charge is 2.14. The van der Waals surface area contributed by atoms with Crippen molar-refractivity contribution in [3.05, 3.63) is 40.6 Å². The van der Waals surface area contributed by atoms with Gasteiger partial charge in [0.1, 0.15) is 0 Å². The second kappa shape index (κ2) is 6.66. The minimum Gasteiger partial charge on any atom is -0.347 e. The Kier molecular flexibility index (Phi) is 4.42. The Hall–Kier alpha value is -2.61. The number of nitrogens with one attached hydrogen (secondary N) is 4. The fourth-order valence-electron chi connectivity index (χ4n) is 3.03. The molecule has 1 aromatic heterocycles. The zero-order chi connectivity index (χ0) is 16.2. The van der Waals surface area contributed by atoms with Crippen molar-refractivity contribution < 1.29 is 5.03 Å². The van der Waals surface area contributed by atoms with E-state index in [-0.39, 0.29) is 5.96 Å². The van der Waals surface area contributed by atoms with Gasteiger partial charge in [0.25, 0.3) is 5.96 Å². The zero-order valence-electron chi connectivity index (χ0n) is 12.7. The second-order valence-corrected chi connectivity index (χ2v) is 5.73. The molecular formula is C15H20N6O2. The maximum Gasteiger partial charge on any atom is 0.255 e. The van der Waals surface area contributed by atoms with E-state index in [0.717, 1.165) is 30.4 Å². The number of fused-ring (bicyclic) bond motifs is 1. The van der Waals surface area contributed by atoms with Crippen LogP contribution < -0.4 is 16.1 Å². The van der Waals surface area contributed by atoms with Crippen molar-refractivity contribution in [2.75, 3.05) is 11.9 Å². The highest BCUT2D eigenvalue weighted by Crippen LogP contribution is 2.21. The first-order chi connectivity index (χ1) is 11.1. The number of guanidine groups is 1. The van der Waals surface area contributed by atoms with Crippen LogP contribution in [-0.4, -0.2) is 28.1 Å². The van der Waals surface area contributed by atoms with Gasteiger partial charge < -0.3 is 15.2 Å². The molecule has 1 atom stereocenters. The lowest BCUT2D eigenvalue weighted by atomic mass is 10.1. The standard InChI is InChI=1S/C15H20N6O2/c16-15(19-21(22)23)18-13-3-4-14-11(10-13)5-8-20(14)9-6-12-2-1-7-17-12/h3-5,8,10,12,17H,1-2,6-7,9H2,(H3,16,18,19). The Morgan fingerprint density at radius 1 is 1.48 bits per heavy atom. The highest BCUT2D eigenvalue weighted by molar-refractivity contribution is 5.93. The van der Waals surface area contributed by atoms with E-state index in [1.54, 1.807) is 5.43 Å². The fourth-order valence-corrected chi connectivity index (χ4v) is 3.03. The summed E-state index contributed by atoms with van der Waals surface area (Å²) in [6, 6.07) is 8.31. The minimum absolute atomic E-state index is 0.360. The number of benzene rings is 1. The van der Waals surface area contributed by atoms with Crippen molar-refractivity contribution in [2.45, 2.75) is 31.8 Å². The third kappa shape index (κ3) is 3.78. The lowest BCUT2D eigenvalue weighted by molar-refractivity contribution is -0.525. The van der Waals surface area contributed by atoms with Crippen LogP contribution in [0.25, 0.3) is 10.9 Å². The second-order valence-electron chi connectivity index (χ2n) is 5.73. The maximum absolute atomic E-state index is 10.3. The summed E-state index contributed by atoms with van der Waals surface area (Å²) in [4.78, 5) is 10.3. The van der Waals surface area contributed by atoms with Gasteiger partial charge in [0.05, 0.1) is 0 Å². The minimum atomic E-state index is -0.763. The van der Waals surface area contributed by atoms with Crippen LogP contribution in [0.1, 0.15) is 19.3 Å². The number of aromatic nitrogens is 1. The monoisotopic (exact) mass is 316 g/mol. The van der Waals surface area contributed by atoms with Crippen LogP contribution in [0.2, 0.25) is 0 Å². The molecule has 2 aromatic rings. The summed E-state index contributed by atoms with van der Waals surface area (Å²) in [5.41, 5.74) is 3.55. The van der Waals surface area contributed by atoms with Crippen LogP contribution in [0.4, 0.5) is 5.69 Å². The molecule has 2 heterocycles. The van der Waals surface area contributed by atoms with Gasteiger partial charge in [-0.3, -0.25) is 5.41 Å². The number of aryl methyl sites for hydroxylation is 1. The fraction of sp³-hybridized carbons (Fsp3) is 0.400. The molecule has 1 aromatic carbocycles. The topological polar surface area (TPSA) is 108 Å². The van der Waals surface area contributed by atoms with Gasteiger partial charge in [-0.05, 0) is 50.1 Å². The van der Waals surface area contributed by atoms with Gasteiger partial charge in [-0.25, -0.2) is 10.1 Å². The molecule has 0 bridgehead atoms. The molecule has 23 heavy (non-hydrogen) atoms. The van der Waals surface area contributed by atoms with Crippen molar-refractivity contribution in [3.63, 3.8) is 0 Å². The van der Waals surface area contributed by atoms with Gasteiger partial charge in [-0.15, -0.1) is 0 Å². The van der Waals surface area contributed by atoms with Crippen molar-refractivity contribution in [2.24, 2.45) is 0 Å². The zero-order valence-corrected chi connectivity index (χ0v) is 12.7. The molecule has 3 rings (SSSR count). The number of anilines is 1. The first-order valence-electron chi connectivity index (χ1n) is 7.71. The van der Waals surface area contributed by atoms with E-state index in [9.17, 15) is 10.1 Å². The normalized spacial score (nSPS) is 17.3. The molecule has 0 amide bonds. The highest BCUT2D eigenvalue weighted by atomic mass is 16.7. The van der Waals surface area contributed by atoms with Crippen molar-refractivity contribution in [1.82, 2.24) is 15.3 Å². The number of hydrogen-bond acceptors (Lipinski definition) is 4. The molecule has 0 saturated carbocycles. The summed E-state index contributed by atoms with van der Waals surface area (Å²) < 4.78 is 2.22. The Morgan fingerprint density at radius 2 is 2.35 bits per heavy atom. The SMILES string of the molecule is N=C(Nc1ccc2c(ccn2CCC2CCCN2)c1)N[N+](=O)[O-]. The first-order valence-corrected chi connectivity index (χ1v) is 7.71. The van der Waals surface area contributed by atoms with Crippen LogP contribution >= 0.6 is 0 Å². The molecule has 1 unspecified atom stereocenters. The molecule has 8 heteroatoms. The van der Waals surface area contributed by atoms with Gasteiger partial charge in [0.15, 0.2) is 5.03 Å². The average Bonchev–Trinajstić information content (AvgIpc) is 3.13. The van der Waals surface area contributed by atoms with Crippen LogP contribution in [0.3, 0.4) is 0 Å². The lowest BCUT2D eigenvalue weighted by Crippen LogP contribution is -2.34. The van der Waals surface area contributed by atoms with Crippen LogP contribution in [0.5, 0.6) is 0 Å². The third-order valence-electron chi connectivity index (χ3n) is 4.12. The van der Waals surface area contributed by atoms with Crippen molar-refractivity contribution >= 4 is 22.5 Å². The first kappa shape index (κ1) is 15.3. The summed E-state index contributed by atoms with van der Waals surface area (Å²) in [6.45, 7) is 2.09. The van der Waals surface area contributed by atoms with E-state index in [1.807, 2.05) is 24.3 Å². The predicted octanol–water partition coefficient (Wildman–Crippen LogP) is 1.91. The summed E-state index contributed by atoms with van der Waals surface area (Å²) >= 11 is 0. The number of nitro groups is 1. The summed E-state index contributed by atoms with van der Waals surface area (Å²) in [5.74, 6) is -0.360. The van der Waals surface area contributed by atoms with E-state index in [2.05, 4.69) is 21.4 Å². The van der Waals surface area contributed by atoms with Gasteiger partial charge in [-0.1, -0.05) is 5.43 Å². The number of nitrogens with zero attached hydrogens (tertiary/aromatic N) is 2.